The van der Waals surface area contributed by atoms with Gasteiger partial charge in [0.05, 0.1) is 0 Å². The Kier molecular flexibility index (Phi) is 7.56. The predicted octanol–water partition coefficient (Wildman–Crippen LogP) is 7.81. The lowest BCUT2D eigenvalue weighted by Crippen LogP contribution is -1.92. The Morgan fingerprint density at radius 2 is 0.919 bits per heavy atom. The van der Waals surface area contributed by atoms with Gasteiger partial charge in [0.1, 0.15) is 0 Å². The highest BCUT2D eigenvalue weighted by Gasteiger charge is 2.05. The summed E-state index contributed by atoms with van der Waals surface area (Å²) in [6, 6.07) is 28.9. The van der Waals surface area contributed by atoms with Gasteiger partial charge < -0.3 is 0 Å². The number of rotatable bonds is 3. The van der Waals surface area contributed by atoms with E-state index in [2.05, 4.69) is 117 Å². The van der Waals surface area contributed by atoms with Crippen LogP contribution in [-0.4, -0.2) is 9.97 Å². The van der Waals surface area contributed by atoms with Crippen molar-refractivity contribution in [1.82, 2.24) is 9.97 Å². The molecule has 0 radical (unpaired) electrons. The SMILES string of the molecule is Cc1c(C#Cc2ccc(-c3ccncc3)cc2)cc(CBr)cc1C#Cc1ccc(-c2ccncc2)cc1. The first-order valence-electron chi connectivity index (χ1n) is 11.9. The van der Waals surface area contributed by atoms with Gasteiger partial charge in [-0.05, 0) is 101 Å². The quantitative estimate of drug-likeness (QED) is 0.173. The highest BCUT2D eigenvalue weighted by Crippen LogP contribution is 2.21. The minimum Gasteiger partial charge on any atom is -0.265 e. The molecule has 3 heteroatoms. The van der Waals surface area contributed by atoms with Crippen molar-refractivity contribution in [1.29, 1.82) is 0 Å². The number of hydrogen-bond acceptors (Lipinski definition) is 2. The van der Waals surface area contributed by atoms with Gasteiger partial charge in [-0.25, -0.2) is 0 Å². The van der Waals surface area contributed by atoms with Crippen LogP contribution in [0.15, 0.2) is 110 Å². The summed E-state index contributed by atoms with van der Waals surface area (Å²) >= 11 is 3.60. The summed E-state index contributed by atoms with van der Waals surface area (Å²) in [5.41, 5.74) is 10.8. The molecule has 2 heterocycles. The van der Waals surface area contributed by atoms with E-state index in [-0.39, 0.29) is 0 Å². The van der Waals surface area contributed by atoms with Crippen molar-refractivity contribution >= 4 is 15.9 Å². The van der Waals surface area contributed by atoms with Crippen molar-refractivity contribution in [3.8, 4) is 45.9 Å². The standard InChI is InChI=1S/C34H23BrN2/c1-25-33(12-6-26-2-8-29(9-3-26)31-14-18-36-19-15-31)22-28(24-35)23-34(25)13-7-27-4-10-30(11-5-27)32-16-20-37-21-17-32/h2-5,8-11,14-23H,24H2,1H3. The Morgan fingerprint density at radius 3 is 1.30 bits per heavy atom. The Hall–Kier alpha value is -4.44. The summed E-state index contributed by atoms with van der Waals surface area (Å²) < 4.78 is 0. The molecule has 0 unspecified atom stereocenters. The second-order valence-corrected chi connectivity index (χ2v) is 9.14. The van der Waals surface area contributed by atoms with Gasteiger partial charge in [-0.2, -0.15) is 0 Å². The summed E-state index contributed by atoms with van der Waals surface area (Å²) in [7, 11) is 0. The van der Waals surface area contributed by atoms with Crippen LogP contribution in [0, 0.1) is 30.6 Å². The normalized spacial score (nSPS) is 10.1. The van der Waals surface area contributed by atoms with Gasteiger partial charge in [-0.15, -0.1) is 0 Å². The van der Waals surface area contributed by atoms with Crippen LogP contribution in [-0.2, 0) is 5.33 Å². The molecule has 0 saturated carbocycles. The van der Waals surface area contributed by atoms with E-state index in [1.54, 1.807) is 24.8 Å². The molecule has 0 N–H and O–H groups in total. The first-order chi connectivity index (χ1) is 18.2. The minimum atomic E-state index is 0.748. The Morgan fingerprint density at radius 1 is 0.541 bits per heavy atom. The highest BCUT2D eigenvalue weighted by molar-refractivity contribution is 9.08. The molecule has 176 valence electrons. The first-order valence-corrected chi connectivity index (χ1v) is 13.1. The van der Waals surface area contributed by atoms with E-state index in [0.717, 1.165) is 61.0 Å². The Labute approximate surface area is 226 Å². The van der Waals surface area contributed by atoms with E-state index in [4.69, 9.17) is 0 Å². The molecule has 2 nitrogen and oxygen atoms in total. The summed E-state index contributed by atoms with van der Waals surface area (Å²) in [4.78, 5) is 8.18. The van der Waals surface area contributed by atoms with Crippen molar-refractivity contribution in [2.45, 2.75) is 12.3 Å². The van der Waals surface area contributed by atoms with Crippen LogP contribution in [0.4, 0.5) is 0 Å². The summed E-state index contributed by atoms with van der Waals surface area (Å²) in [6.07, 6.45) is 7.23. The lowest BCUT2D eigenvalue weighted by Gasteiger charge is -2.06. The molecule has 0 aliphatic carbocycles. The topological polar surface area (TPSA) is 25.8 Å². The summed E-state index contributed by atoms with van der Waals surface area (Å²) in [5, 5.41) is 0.748. The van der Waals surface area contributed by atoms with Crippen LogP contribution in [0.2, 0.25) is 0 Å². The zero-order valence-electron chi connectivity index (χ0n) is 20.4. The largest absolute Gasteiger partial charge is 0.265 e. The molecule has 0 bridgehead atoms. The van der Waals surface area contributed by atoms with Crippen LogP contribution in [0.5, 0.6) is 0 Å². The fourth-order valence-corrected chi connectivity index (χ4v) is 4.29. The molecule has 0 saturated heterocycles. The van der Waals surface area contributed by atoms with E-state index in [1.807, 2.05) is 24.3 Å². The molecule has 5 rings (SSSR count). The fraction of sp³-hybridized carbons (Fsp3) is 0.0588. The van der Waals surface area contributed by atoms with Crippen LogP contribution in [0.25, 0.3) is 22.3 Å². The summed E-state index contributed by atoms with van der Waals surface area (Å²) in [5.74, 6) is 13.4. The van der Waals surface area contributed by atoms with E-state index in [0.29, 0.717) is 0 Å². The van der Waals surface area contributed by atoms with Gasteiger partial charge >= 0.3 is 0 Å². The zero-order valence-corrected chi connectivity index (χ0v) is 22.0. The van der Waals surface area contributed by atoms with Gasteiger partial charge in [0.2, 0.25) is 0 Å². The minimum absolute atomic E-state index is 0.748. The molecule has 0 fully saturated rings. The van der Waals surface area contributed by atoms with Crippen LogP contribution in [0.1, 0.15) is 33.4 Å². The monoisotopic (exact) mass is 538 g/mol. The maximum absolute atomic E-state index is 4.09. The fourth-order valence-electron chi connectivity index (χ4n) is 3.97. The molecule has 0 aliphatic heterocycles. The van der Waals surface area contributed by atoms with Gasteiger partial charge in [-0.3, -0.25) is 9.97 Å². The molecule has 3 aromatic carbocycles. The van der Waals surface area contributed by atoms with Crippen LogP contribution < -0.4 is 0 Å². The third kappa shape index (κ3) is 6.04. The zero-order chi connectivity index (χ0) is 25.5. The molecule has 0 aliphatic rings. The number of alkyl halides is 1. The average Bonchev–Trinajstić information content (AvgIpc) is 2.97. The smallest absolute Gasteiger partial charge is 0.0293 e. The Bertz CT molecular complexity index is 1510. The molecule has 0 amide bonds. The molecule has 0 spiro atoms. The van der Waals surface area contributed by atoms with Crippen molar-refractivity contribution in [3.05, 3.63) is 143 Å². The third-order valence-electron chi connectivity index (χ3n) is 6.10. The van der Waals surface area contributed by atoms with Crippen molar-refractivity contribution in [2.75, 3.05) is 0 Å². The summed E-state index contributed by atoms with van der Waals surface area (Å²) in [6.45, 7) is 2.09. The first kappa shape index (κ1) is 24.3. The molecular weight excluding hydrogens is 516 g/mol. The highest BCUT2D eigenvalue weighted by atomic mass is 79.9. The maximum atomic E-state index is 4.09. The predicted molar refractivity (Wildman–Crippen MR) is 155 cm³/mol. The number of nitrogens with zero attached hydrogens (tertiary/aromatic N) is 2. The molecular formula is C34H23BrN2. The van der Waals surface area contributed by atoms with E-state index < -0.39 is 0 Å². The molecule has 0 atom stereocenters. The van der Waals surface area contributed by atoms with Crippen LogP contribution >= 0.6 is 15.9 Å². The third-order valence-corrected chi connectivity index (χ3v) is 6.75. The van der Waals surface area contributed by atoms with Gasteiger partial charge in [0.15, 0.2) is 0 Å². The van der Waals surface area contributed by atoms with Crippen LogP contribution in [0.3, 0.4) is 0 Å². The molecule has 2 aromatic heterocycles. The molecule has 37 heavy (non-hydrogen) atoms. The lowest BCUT2D eigenvalue weighted by molar-refractivity contribution is 1.33. The van der Waals surface area contributed by atoms with E-state index in [1.165, 1.54) is 0 Å². The van der Waals surface area contributed by atoms with Crippen molar-refractivity contribution in [3.63, 3.8) is 0 Å². The van der Waals surface area contributed by atoms with Gasteiger partial charge in [0.25, 0.3) is 0 Å². The molecule has 5 aromatic rings. The Balaban J connectivity index is 1.39. The van der Waals surface area contributed by atoms with Gasteiger partial charge in [0, 0.05) is 52.4 Å². The van der Waals surface area contributed by atoms with Crippen molar-refractivity contribution in [2.24, 2.45) is 0 Å². The second kappa shape index (κ2) is 11.5. The second-order valence-electron chi connectivity index (χ2n) is 8.58. The van der Waals surface area contributed by atoms with E-state index >= 15 is 0 Å². The lowest BCUT2D eigenvalue weighted by atomic mass is 9.98. The average molecular weight is 539 g/mol. The number of hydrogen-bond donors (Lipinski definition) is 0. The van der Waals surface area contributed by atoms with Gasteiger partial charge in [-0.1, -0.05) is 63.9 Å². The number of aromatic nitrogens is 2. The maximum Gasteiger partial charge on any atom is 0.0293 e. The number of halogens is 1. The van der Waals surface area contributed by atoms with Crippen molar-refractivity contribution < 1.29 is 0 Å². The number of pyridine rings is 2. The van der Waals surface area contributed by atoms with E-state index in [9.17, 15) is 0 Å². The number of benzene rings is 3.